The zero-order chi connectivity index (χ0) is 15.3. The van der Waals surface area contributed by atoms with Crippen LogP contribution in [-0.4, -0.2) is 24.7 Å². The molecule has 1 aromatic rings. The third-order valence-corrected chi connectivity index (χ3v) is 2.88. The van der Waals surface area contributed by atoms with Crippen molar-refractivity contribution in [3.05, 3.63) is 42.0 Å². The minimum absolute atomic E-state index is 0.444. The lowest BCUT2D eigenvalue weighted by atomic mass is 10.1. The Labute approximate surface area is 115 Å². The molecular formula is C14H16F3NO2. The van der Waals surface area contributed by atoms with Gasteiger partial charge >= 0.3 is 12.1 Å². The number of carboxylic acid groups (broad SMARTS) is 1. The van der Waals surface area contributed by atoms with Crippen LogP contribution in [0.1, 0.15) is 28.8 Å². The molecule has 1 aromatic carbocycles. The molecule has 0 spiro atoms. The molecule has 0 heterocycles. The van der Waals surface area contributed by atoms with E-state index in [1.54, 1.807) is 18.0 Å². The van der Waals surface area contributed by atoms with Crippen molar-refractivity contribution in [2.75, 3.05) is 18.5 Å². The van der Waals surface area contributed by atoms with Crippen molar-refractivity contribution in [1.82, 2.24) is 0 Å². The molecule has 0 aliphatic rings. The summed E-state index contributed by atoms with van der Waals surface area (Å²) in [5, 5.41) is 8.92. The molecule has 1 rings (SSSR count). The zero-order valence-electron chi connectivity index (χ0n) is 11.1. The van der Waals surface area contributed by atoms with Crippen LogP contribution in [0.3, 0.4) is 0 Å². The molecule has 6 heteroatoms. The van der Waals surface area contributed by atoms with Gasteiger partial charge in [-0.1, -0.05) is 6.08 Å². The first-order valence-electron chi connectivity index (χ1n) is 6.04. The van der Waals surface area contributed by atoms with E-state index in [4.69, 9.17) is 5.11 Å². The highest BCUT2D eigenvalue weighted by molar-refractivity contribution is 5.91. The number of alkyl halides is 3. The third kappa shape index (κ3) is 4.01. The minimum Gasteiger partial charge on any atom is -0.478 e. The summed E-state index contributed by atoms with van der Waals surface area (Å²) in [5.74, 6) is -1.58. The normalized spacial score (nSPS) is 11.2. The Morgan fingerprint density at radius 2 is 2.10 bits per heavy atom. The monoisotopic (exact) mass is 287 g/mol. The van der Waals surface area contributed by atoms with E-state index in [0.717, 1.165) is 25.0 Å². The number of hydrogen-bond donors (Lipinski definition) is 1. The second kappa shape index (κ2) is 6.45. The number of carbonyl (C=O) groups is 1. The van der Waals surface area contributed by atoms with Crippen molar-refractivity contribution in [3.63, 3.8) is 0 Å². The lowest BCUT2D eigenvalue weighted by Crippen LogP contribution is -2.20. The number of anilines is 1. The second-order valence-electron chi connectivity index (χ2n) is 4.39. The van der Waals surface area contributed by atoms with Gasteiger partial charge in [0.2, 0.25) is 0 Å². The van der Waals surface area contributed by atoms with Crippen LogP contribution in [0.25, 0.3) is 0 Å². The molecule has 0 fully saturated rings. The van der Waals surface area contributed by atoms with Gasteiger partial charge in [0.15, 0.2) is 0 Å². The summed E-state index contributed by atoms with van der Waals surface area (Å²) in [6.45, 7) is 4.19. The number of aromatic carboxylic acids is 1. The van der Waals surface area contributed by atoms with Gasteiger partial charge in [-0.2, -0.15) is 13.2 Å². The SMILES string of the molecule is C=CCCCN(C)c1ccc(C(F)(F)F)c(C(=O)O)c1. The largest absolute Gasteiger partial charge is 0.478 e. The van der Waals surface area contributed by atoms with Crippen molar-refractivity contribution in [1.29, 1.82) is 0 Å². The molecular weight excluding hydrogens is 271 g/mol. The number of benzene rings is 1. The molecule has 0 unspecified atom stereocenters. The predicted octanol–water partition coefficient (Wildman–Crippen LogP) is 3.81. The summed E-state index contributed by atoms with van der Waals surface area (Å²) in [6.07, 6.45) is -1.34. The average molecular weight is 287 g/mol. The van der Waals surface area contributed by atoms with Gasteiger partial charge in [-0.3, -0.25) is 0 Å². The molecule has 110 valence electrons. The Balaban J connectivity index is 3.04. The van der Waals surface area contributed by atoms with Crippen LogP contribution in [0, 0.1) is 0 Å². The lowest BCUT2D eigenvalue weighted by molar-refractivity contribution is -0.138. The van der Waals surface area contributed by atoms with Crippen molar-refractivity contribution < 1.29 is 23.1 Å². The van der Waals surface area contributed by atoms with Crippen LogP contribution in [0.15, 0.2) is 30.9 Å². The molecule has 0 saturated heterocycles. The van der Waals surface area contributed by atoms with E-state index in [9.17, 15) is 18.0 Å². The van der Waals surface area contributed by atoms with Gasteiger partial charge in [0, 0.05) is 19.3 Å². The van der Waals surface area contributed by atoms with E-state index in [2.05, 4.69) is 6.58 Å². The summed E-state index contributed by atoms with van der Waals surface area (Å²) in [7, 11) is 1.71. The fourth-order valence-electron chi connectivity index (χ4n) is 1.80. The van der Waals surface area contributed by atoms with Crippen molar-refractivity contribution in [2.45, 2.75) is 19.0 Å². The molecule has 1 N–H and O–H groups in total. The zero-order valence-corrected chi connectivity index (χ0v) is 11.1. The summed E-state index contributed by atoms with van der Waals surface area (Å²) in [5.41, 5.74) is -1.42. The van der Waals surface area contributed by atoms with Gasteiger partial charge in [-0.05, 0) is 31.0 Å². The first kappa shape index (κ1) is 16.1. The Bertz CT molecular complexity index is 498. The molecule has 0 aromatic heterocycles. The van der Waals surface area contributed by atoms with E-state index < -0.39 is 23.3 Å². The maximum absolute atomic E-state index is 12.7. The summed E-state index contributed by atoms with van der Waals surface area (Å²) in [4.78, 5) is 12.7. The van der Waals surface area contributed by atoms with E-state index in [0.29, 0.717) is 12.2 Å². The number of unbranched alkanes of at least 4 members (excludes halogenated alkanes) is 1. The minimum atomic E-state index is -4.67. The number of rotatable bonds is 6. The molecule has 3 nitrogen and oxygen atoms in total. The number of halogens is 3. The Morgan fingerprint density at radius 3 is 2.60 bits per heavy atom. The predicted molar refractivity (Wildman–Crippen MR) is 71.1 cm³/mol. The van der Waals surface area contributed by atoms with Crippen molar-refractivity contribution in [2.24, 2.45) is 0 Å². The first-order chi connectivity index (χ1) is 9.27. The van der Waals surface area contributed by atoms with Crippen LogP contribution < -0.4 is 4.90 Å². The van der Waals surface area contributed by atoms with Gasteiger partial charge < -0.3 is 10.0 Å². The molecule has 0 aliphatic heterocycles. The maximum atomic E-state index is 12.7. The van der Waals surface area contributed by atoms with E-state index >= 15 is 0 Å². The van der Waals surface area contributed by atoms with Crippen LogP contribution in [0.5, 0.6) is 0 Å². The van der Waals surface area contributed by atoms with E-state index in [1.807, 2.05) is 0 Å². The highest BCUT2D eigenvalue weighted by Gasteiger charge is 2.35. The summed E-state index contributed by atoms with van der Waals surface area (Å²) in [6, 6.07) is 3.14. The van der Waals surface area contributed by atoms with Crippen LogP contribution in [0.2, 0.25) is 0 Å². The standard InChI is InChI=1S/C14H16F3NO2/c1-3-4-5-8-18(2)10-6-7-12(14(15,16)17)11(9-10)13(19)20/h3,6-7,9H,1,4-5,8H2,2H3,(H,19,20). The molecule has 0 bridgehead atoms. The molecule has 0 atom stereocenters. The topological polar surface area (TPSA) is 40.5 Å². The van der Waals surface area contributed by atoms with Gasteiger partial charge in [-0.25, -0.2) is 4.79 Å². The Morgan fingerprint density at radius 1 is 1.45 bits per heavy atom. The van der Waals surface area contributed by atoms with Crippen LogP contribution in [-0.2, 0) is 6.18 Å². The molecule has 0 aliphatic carbocycles. The number of carboxylic acids is 1. The van der Waals surface area contributed by atoms with Crippen molar-refractivity contribution in [3.8, 4) is 0 Å². The molecule has 20 heavy (non-hydrogen) atoms. The average Bonchev–Trinajstić information content (AvgIpc) is 2.37. The van der Waals surface area contributed by atoms with E-state index in [1.165, 1.54) is 6.07 Å². The highest BCUT2D eigenvalue weighted by atomic mass is 19.4. The number of allylic oxidation sites excluding steroid dienone is 1. The molecule has 0 saturated carbocycles. The number of nitrogens with zero attached hydrogens (tertiary/aromatic N) is 1. The van der Waals surface area contributed by atoms with Crippen LogP contribution in [0.4, 0.5) is 18.9 Å². The summed E-state index contributed by atoms with van der Waals surface area (Å²) < 4.78 is 38.1. The maximum Gasteiger partial charge on any atom is 0.417 e. The first-order valence-corrected chi connectivity index (χ1v) is 6.04. The number of hydrogen-bond acceptors (Lipinski definition) is 2. The molecule has 0 radical (unpaired) electrons. The second-order valence-corrected chi connectivity index (χ2v) is 4.39. The van der Waals surface area contributed by atoms with Gasteiger partial charge in [0.1, 0.15) is 0 Å². The van der Waals surface area contributed by atoms with Gasteiger partial charge in [0.05, 0.1) is 11.1 Å². The van der Waals surface area contributed by atoms with Gasteiger partial charge in [-0.15, -0.1) is 6.58 Å². The Kier molecular flexibility index (Phi) is 5.19. The summed E-state index contributed by atoms with van der Waals surface area (Å²) >= 11 is 0. The fourth-order valence-corrected chi connectivity index (χ4v) is 1.80. The quantitative estimate of drug-likeness (QED) is 0.639. The van der Waals surface area contributed by atoms with Crippen molar-refractivity contribution >= 4 is 11.7 Å². The third-order valence-electron chi connectivity index (χ3n) is 2.88. The lowest BCUT2D eigenvalue weighted by Gasteiger charge is -2.20. The van der Waals surface area contributed by atoms with Crippen LogP contribution >= 0.6 is 0 Å². The van der Waals surface area contributed by atoms with E-state index in [-0.39, 0.29) is 0 Å². The van der Waals surface area contributed by atoms with Gasteiger partial charge in [0.25, 0.3) is 0 Å². The fraction of sp³-hybridized carbons (Fsp3) is 0.357. The highest BCUT2D eigenvalue weighted by Crippen LogP contribution is 2.34. The Hall–Kier alpha value is -1.98. The smallest absolute Gasteiger partial charge is 0.417 e. The molecule has 0 amide bonds.